The Hall–Kier alpha value is -3.51. The molecule has 0 heterocycles. The average molecular weight is 452 g/mol. The number of benzene rings is 1. The molecule has 12 nitrogen and oxygen atoms in total. The van der Waals surface area contributed by atoms with Gasteiger partial charge in [-0.05, 0) is 18.9 Å². The summed E-state index contributed by atoms with van der Waals surface area (Å²) in [6.07, 6.45) is -0.792. The molecule has 3 amide bonds. The number of rotatable bonds is 13. The number of carboxylic acids is 2. The first-order valence-corrected chi connectivity index (χ1v) is 9.81. The van der Waals surface area contributed by atoms with Gasteiger partial charge in [0.25, 0.3) is 0 Å². The molecule has 176 valence electrons. The molecule has 1 rings (SSSR count). The van der Waals surface area contributed by atoms with Crippen LogP contribution in [0.3, 0.4) is 0 Å². The van der Waals surface area contributed by atoms with Gasteiger partial charge in [0.2, 0.25) is 17.7 Å². The molecule has 1 aromatic carbocycles. The van der Waals surface area contributed by atoms with E-state index < -0.39 is 66.9 Å². The summed E-state index contributed by atoms with van der Waals surface area (Å²) in [5.74, 6) is -5.01. The lowest BCUT2D eigenvalue weighted by molar-refractivity contribution is -0.143. The first-order valence-electron chi connectivity index (χ1n) is 9.81. The largest absolute Gasteiger partial charge is 0.481 e. The first-order chi connectivity index (χ1) is 15.0. The summed E-state index contributed by atoms with van der Waals surface area (Å²) >= 11 is 0. The molecular formula is C20H28N4O8. The van der Waals surface area contributed by atoms with Crippen LogP contribution in [-0.2, 0) is 30.4 Å². The summed E-state index contributed by atoms with van der Waals surface area (Å²) in [5, 5.41) is 34.2. The Balaban J connectivity index is 2.87. The summed E-state index contributed by atoms with van der Waals surface area (Å²) in [6.45, 7) is 0.667. The van der Waals surface area contributed by atoms with Crippen LogP contribution in [0.25, 0.3) is 0 Å². The normalized spacial score (nSPS) is 14.3. The van der Waals surface area contributed by atoms with Crippen molar-refractivity contribution >= 4 is 29.7 Å². The second-order valence-corrected chi connectivity index (χ2v) is 7.10. The third-order valence-electron chi connectivity index (χ3n) is 4.46. The molecule has 0 aliphatic heterocycles. The number of nitrogens with two attached hydrogens (primary N) is 1. The van der Waals surface area contributed by atoms with E-state index in [1.54, 1.807) is 30.3 Å². The van der Waals surface area contributed by atoms with Gasteiger partial charge in [-0.3, -0.25) is 19.2 Å². The molecule has 32 heavy (non-hydrogen) atoms. The smallest absolute Gasteiger partial charge is 0.326 e. The minimum absolute atomic E-state index is 0.0208. The zero-order valence-corrected chi connectivity index (χ0v) is 17.5. The van der Waals surface area contributed by atoms with Gasteiger partial charge in [0.1, 0.15) is 24.2 Å². The molecule has 0 spiro atoms. The number of aliphatic hydroxyl groups is 1. The van der Waals surface area contributed by atoms with E-state index in [0.29, 0.717) is 5.56 Å². The number of carboxylic acid groups (broad SMARTS) is 2. The van der Waals surface area contributed by atoms with Crippen molar-refractivity contribution in [3.8, 4) is 0 Å². The number of carbonyl (C=O) groups excluding carboxylic acids is 3. The van der Waals surface area contributed by atoms with Crippen LogP contribution in [0, 0.1) is 0 Å². The molecule has 0 aliphatic rings. The quantitative estimate of drug-likeness (QED) is 0.176. The van der Waals surface area contributed by atoms with Crippen LogP contribution in [0.4, 0.5) is 0 Å². The number of hydrogen-bond acceptors (Lipinski definition) is 7. The Morgan fingerprint density at radius 2 is 1.50 bits per heavy atom. The van der Waals surface area contributed by atoms with Gasteiger partial charge in [0.15, 0.2) is 0 Å². The summed E-state index contributed by atoms with van der Waals surface area (Å²) in [6, 6.07) is 3.49. The maximum atomic E-state index is 12.7. The van der Waals surface area contributed by atoms with E-state index in [9.17, 15) is 29.1 Å². The number of aliphatic carboxylic acids is 2. The Kier molecular flexibility index (Phi) is 10.8. The van der Waals surface area contributed by atoms with Gasteiger partial charge in [-0.2, -0.15) is 0 Å². The number of aliphatic hydroxyl groups excluding tert-OH is 1. The lowest BCUT2D eigenvalue weighted by atomic mass is 10.0. The second-order valence-electron chi connectivity index (χ2n) is 7.10. The van der Waals surface area contributed by atoms with Crippen molar-refractivity contribution in [3.63, 3.8) is 0 Å². The Morgan fingerprint density at radius 3 is 2.03 bits per heavy atom. The van der Waals surface area contributed by atoms with Crippen LogP contribution < -0.4 is 21.7 Å². The van der Waals surface area contributed by atoms with Crippen molar-refractivity contribution in [1.82, 2.24) is 16.0 Å². The fourth-order valence-electron chi connectivity index (χ4n) is 2.62. The van der Waals surface area contributed by atoms with Crippen LogP contribution in [0.1, 0.15) is 25.3 Å². The van der Waals surface area contributed by atoms with E-state index in [0.717, 1.165) is 0 Å². The summed E-state index contributed by atoms with van der Waals surface area (Å²) in [4.78, 5) is 59.3. The second kappa shape index (κ2) is 13.0. The molecular weight excluding hydrogens is 424 g/mol. The number of amides is 3. The highest BCUT2D eigenvalue weighted by Gasteiger charge is 2.29. The highest BCUT2D eigenvalue weighted by Crippen LogP contribution is 2.06. The molecule has 12 heteroatoms. The van der Waals surface area contributed by atoms with Crippen molar-refractivity contribution in [2.24, 2.45) is 5.73 Å². The van der Waals surface area contributed by atoms with E-state index in [1.165, 1.54) is 6.92 Å². The SMILES string of the molecule is CC(NC(=O)C(N)CO)C(=O)NC(CCC(=O)O)C(=O)NC(Cc1ccccc1)C(=O)O. The van der Waals surface area contributed by atoms with Crippen molar-refractivity contribution in [2.75, 3.05) is 6.61 Å². The maximum absolute atomic E-state index is 12.7. The van der Waals surface area contributed by atoms with E-state index in [-0.39, 0.29) is 12.8 Å². The summed E-state index contributed by atoms with van der Waals surface area (Å²) in [5.41, 5.74) is 6.02. The molecule has 0 saturated heterocycles. The van der Waals surface area contributed by atoms with Crippen LogP contribution in [0.2, 0.25) is 0 Å². The molecule has 0 bridgehead atoms. The maximum Gasteiger partial charge on any atom is 0.326 e. The van der Waals surface area contributed by atoms with Gasteiger partial charge in [0, 0.05) is 12.8 Å². The van der Waals surface area contributed by atoms with Crippen molar-refractivity contribution in [1.29, 1.82) is 0 Å². The third kappa shape index (κ3) is 9.10. The summed E-state index contributed by atoms with van der Waals surface area (Å²) < 4.78 is 0. The molecule has 0 aromatic heterocycles. The molecule has 0 fully saturated rings. The van der Waals surface area contributed by atoms with Gasteiger partial charge < -0.3 is 37.0 Å². The average Bonchev–Trinajstić information content (AvgIpc) is 2.75. The monoisotopic (exact) mass is 452 g/mol. The number of hydrogen-bond donors (Lipinski definition) is 7. The standard InChI is InChI=1S/C20H28N4O8/c1-11(22-18(29)13(21)10-25)17(28)23-14(7-8-16(26)27)19(30)24-15(20(31)32)9-12-5-3-2-4-6-12/h2-6,11,13-15,25H,7-10,21H2,1H3,(H,22,29)(H,23,28)(H,24,30)(H,26,27)(H,31,32). The highest BCUT2D eigenvalue weighted by molar-refractivity contribution is 5.94. The molecule has 8 N–H and O–H groups in total. The highest BCUT2D eigenvalue weighted by atomic mass is 16.4. The zero-order chi connectivity index (χ0) is 24.3. The molecule has 0 saturated carbocycles. The predicted molar refractivity (Wildman–Crippen MR) is 111 cm³/mol. The first kappa shape index (κ1) is 26.5. The predicted octanol–water partition coefficient (Wildman–Crippen LogP) is -2.03. The van der Waals surface area contributed by atoms with Gasteiger partial charge in [-0.25, -0.2) is 4.79 Å². The molecule has 4 unspecified atom stereocenters. The minimum atomic E-state index is -1.36. The van der Waals surface area contributed by atoms with Gasteiger partial charge >= 0.3 is 11.9 Å². The van der Waals surface area contributed by atoms with Crippen LogP contribution in [0.5, 0.6) is 0 Å². The van der Waals surface area contributed by atoms with Crippen molar-refractivity contribution in [3.05, 3.63) is 35.9 Å². The number of carbonyl (C=O) groups is 5. The Labute approximate surface area is 184 Å². The fourth-order valence-corrected chi connectivity index (χ4v) is 2.62. The number of nitrogens with one attached hydrogen (secondary N) is 3. The molecule has 0 radical (unpaired) electrons. The van der Waals surface area contributed by atoms with Gasteiger partial charge in [-0.1, -0.05) is 30.3 Å². The topological polar surface area (TPSA) is 208 Å². The molecule has 1 aromatic rings. The van der Waals surface area contributed by atoms with Crippen molar-refractivity contribution in [2.45, 2.75) is 50.4 Å². The zero-order valence-electron chi connectivity index (χ0n) is 17.5. The van der Waals surface area contributed by atoms with E-state index in [1.807, 2.05) is 0 Å². The third-order valence-corrected chi connectivity index (χ3v) is 4.46. The van der Waals surface area contributed by atoms with E-state index in [4.69, 9.17) is 15.9 Å². The van der Waals surface area contributed by atoms with Gasteiger partial charge in [0.05, 0.1) is 6.61 Å². The molecule has 0 aliphatic carbocycles. The van der Waals surface area contributed by atoms with E-state index in [2.05, 4.69) is 16.0 Å². The summed E-state index contributed by atoms with van der Waals surface area (Å²) in [7, 11) is 0. The lowest BCUT2D eigenvalue weighted by Gasteiger charge is -2.23. The van der Waals surface area contributed by atoms with Crippen molar-refractivity contribution < 1.29 is 39.3 Å². The Bertz CT molecular complexity index is 817. The minimum Gasteiger partial charge on any atom is -0.481 e. The lowest BCUT2D eigenvalue weighted by Crippen LogP contribution is -2.56. The Morgan fingerprint density at radius 1 is 0.906 bits per heavy atom. The molecule has 4 atom stereocenters. The van der Waals surface area contributed by atoms with Crippen LogP contribution in [-0.4, -0.2) is 75.8 Å². The van der Waals surface area contributed by atoms with Crippen LogP contribution >= 0.6 is 0 Å². The van der Waals surface area contributed by atoms with E-state index >= 15 is 0 Å². The fraction of sp³-hybridized carbons (Fsp3) is 0.450. The van der Waals surface area contributed by atoms with Crippen LogP contribution in [0.15, 0.2) is 30.3 Å². The van der Waals surface area contributed by atoms with Gasteiger partial charge in [-0.15, -0.1) is 0 Å².